The van der Waals surface area contributed by atoms with Crippen molar-refractivity contribution in [1.82, 2.24) is 5.32 Å². The molecule has 0 radical (unpaired) electrons. The lowest BCUT2D eigenvalue weighted by atomic mass is 9.83. The largest absolute Gasteiger partial charge is 0.311 e. The summed E-state index contributed by atoms with van der Waals surface area (Å²) in [5, 5.41) is 4.04. The van der Waals surface area contributed by atoms with E-state index < -0.39 is 0 Å². The topological polar surface area (TPSA) is 12.0 Å². The summed E-state index contributed by atoms with van der Waals surface area (Å²) in [7, 11) is 0. The van der Waals surface area contributed by atoms with E-state index in [4.69, 9.17) is 0 Å². The Morgan fingerprint density at radius 2 is 1.55 bits per heavy atom. The Hall–Kier alpha value is -0.0400. The Morgan fingerprint density at radius 1 is 0.900 bits per heavy atom. The average molecular weight is 282 g/mol. The van der Waals surface area contributed by atoms with Gasteiger partial charge >= 0.3 is 0 Å². The van der Waals surface area contributed by atoms with Crippen molar-refractivity contribution < 1.29 is 0 Å². The molecular formula is C19H39N. The molecule has 0 bridgehead atoms. The lowest BCUT2D eigenvalue weighted by Crippen LogP contribution is -2.41. The predicted molar refractivity (Wildman–Crippen MR) is 91.2 cm³/mol. The van der Waals surface area contributed by atoms with Crippen LogP contribution in [0, 0.1) is 5.92 Å². The Balaban J connectivity index is 2.32. The van der Waals surface area contributed by atoms with Crippen LogP contribution in [0.25, 0.3) is 0 Å². The van der Waals surface area contributed by atoms with Gasteiger partial charge in [0.2, 0.25) is 0 Å². The molecule has 1 fully saturated rings. The molecule has 20 heavy (non-hydrogen) atoms. The third kappa shape index (κ3) is 7.67. The van der Waals surface area contributed by atoms with Gasteiger partial charge in [0.05, 0.1) is 0 Å². The zero-order valence-electron chi connectivity index (χ0n) is 14.4. The Kier molecular flexibility index (Phi) is 10.4. The maximum atomic E-state index is 4.04. The minimum atomic E-state index is 0.800. The molecule has 120 valence electrons. The predicted octanol–water partition coefficient (Wildman–Crippen LogP) is 6.07. The van der Waals surface area contributed by atoms with Crippen molar-refractivity contribution >= 4 is 0 Å². The van der Waals surface area contributed by atoms with Crippen molar-refractivity contribution in [2.75, 3.05) is 0 Å². The molecule has 2 unspecified atom stereocenters. The van der Waals surface area contributed by atoms with Crippen LogP contribution in [-0.2, 0) is 0 Å². The summed E-state index contributed by atoms with van der Waals surface area (Å²) in [5.74, 6) is 0.994. The monoisotopic (exact) mass is 281 g/mol. The highest BCUT2D eigenvalue weighted by molar-refractivity contribution is 4.81. The molecular weight excluding hydrogens is 242 g/mol. The molecule has 0 aromatic carbocycles. The molecule has 2 atom stereocenters. The van der Waals surface area contributed by atoms with Gasteiger partial charge in [-0.3, -0.25) is 0 Å². The first-order chi connectivity index (χ1) is 9.80. The van der Waals surface area contributed by atoms with E-state index in [1.54, 1.807) is 0 Å². The highest BCUT2D eigenvalue weighted by Crippen LogP contribution is 2.27. The third-order valence-corrected chi connectivity index (χ3v) is 5.14. The van der Waals surface area contributed by atoms with Gasteiger partial charge in [-0.15, -0.1) is 0 Å². The van der Waals surface area contributed by atoms with E-state index >= 15 is 0 Å². The normalized spacial score (nSPS) is 23.4. The SMILES string of the molecule is CCCCCC(CCCCC)NC1CCCC(CC)C1. The molecule has 0 aromatic heterocycles. The second-order valence-electron chi connectivity index (χ2n) is 6.99. The summed E-state index contributed by atoms with van der Waals surface area (Å²) in [5.41, 5.74) is 0. The van der Waals surface area contributed by atoms with Crippen LogP contribution in [0.4, 0.5) is 0 Å². The van der Waals surface area contributed by atoms with E-state index in [2.05, 4.69) is 26.1 Å². The second-order valence-corrected chi connectivity index (χ2v) is 6.99. The quantitative estimate of drug-likeness (QED) is 0.453. The molecule has 0 amide bonds. The molecule has 0 aliphatic heterocycles. The summed E-state index contributed by atoms with van der Waals surface area (Å²) >= 11 is 0. The Bertz CT molecular complexity index is 204. The molecule has 1 saturated carbocycles. The van der Waals surface area contributed by atoms with E-state index in [9.17, 15) is 0 Å². The van der Waals surface area contributed by atoms with Crippen LogP contribution >= 0.6 is 0 Å². The molecule has 1 rings (SSSR count). The first kappa shape index (κ1) is 18.0. The second kappa shape index (κ2) is 11.6. The van der Waals surface area contributed by atoms with Gasteiger partial charge in [-0.25, -0.2) is 0 Å². The van der Waals surface area contributed by atoms with Gasteiger partial charge in [0, 0.05) is 12.1 Å². The van der Waals surface area contributed by atoms with Gasteiger partial charge < -0.3 is 5.32 Å². The van der Waals surface area contributed by atoms with Gasteiger partial charge in [0.1, 0.15) is 0 Å². The van der Waals surface area contributed by atoms with Gasteiger partial charge in [0.15, 0.2) is 0 Å². The zero-order chi connectivity index (χ0) is 14.6. The Labute approximate surface area is 128 Å². The van der Waals surface area contributed by atoms with Crippen molar-refractivity contribution in [3.63, 3.8) is 0 Å². The van der Waals surface area contributed by atoms with Crippen molar-refractivity contribution in [3.05, 3.63) is 0 Å². The van der Waals surface area contributed by atoms with Crippen LogP contribution < -0.4 is 5.32 Å². The summed E-state index contributed by atoms with van der Waals surface area (Å²) in [6.07, 6.45) is 18.4. The van der Waals surface area contributed by atoms with Crippen molar-refractivity contribution in [2.45, 2.75) is 116 Å². The lowest BCUT2D eigenvalue weighted by molar-refractivity contribution is 0.250. The van der Waals surface area contributed by atoms with E-state index in [1.165, 1.54) is 83.5 Å². The van der Waals surface area contributed by atoms with E-state index in [1.807, 2.05) is 0 Å². The molecule has 0 aromatic rings. The maximum Gasteiger partial charge on any atom is 0.00722 e. The maximum absolute atomic E-state index is 4.04. The van der Waals surface area contributed by atoms with Crippen LogP contribution in [0.3, 0.4) is 0 Å². The number of nitrogens with one attached hydrogen (secondary N) is 1. The fourth-order valence-corrected chi connectivity index (χ4v) is 3.74. The smallest absolute Gasteiger partial charge is 0.00722 e. The number of hydrogen-bond donors (Lipinski definition) is 1. The standard InChI is InChI=1S/C19H39N/c1-4-7-9-13-18(14-10-8-5-2)20-19-15-11-12-17(6-3)16-19/h17-20H,4-16H2,1-3H3. The van der Waals surface area contributed by atoms with Crippen LogP contribution in [0.1, 0.15) is 104 Å². The highest BCUT2D eigenvalue weighted by Gasteiger charge is 2.22. The van der Waals surface area contributed by atoms with Crippen molar-refractivity contribution in [3.8, 4) is 0 Å². The first-order valence-electron chi connectivity index (χ1n) is 9.56. The lowest BCUT2D eigenvalue weighted by Gasteiger charge is -2.32. The number of hydrogen-bond acceptors (Lipinski definition) is 1. The van der Waals surface area contributed by atoms with Crippen LogP contribution in [0.15, 0.2) is 0 Å². The minimum absolute atomic E-state index is 0.800. The van der Waals surface area contributed by atoms with E-state index in [0.717, 1.165) is 18.0 Å². The molecule has 0 spiro atoms. The zero-order valence-corrected chi connectivity index (χ0v) is 14.4. The van der Waals surface area contributed by atoms with Crippen molar-refractivity contribution in [1.29, 1.82) is 0 Å². The van der Waals surface area contributed by atoms with Gasteiger partial charge in [-0.2, -0.15) is 0 Å². The van der Waals surface area contributed by atoms with Crippen molar-refractivity contribution in [2.24, 2.45) is 5.92 Å². The van der Waals surface area contributed by atoms with Gasteiger partial charge in [-0.05, 0) is 31.6 Å². The number of unbranched alkanes of at least 4 members (excludes halogenated alkanes) is 4. The number of rotatable bonds is 11. The third-order valence-electron chi connectivity index (χ3n) is 5.14. The van der Waals surface area contributed by atoms with E-state index in [0.29, 0.717) is 0 Å². The molecule has 0 saturated heterocycles. The Morgan fingerprint density at radius 3 is 2.10 bits per heavy atom. The fraction of sp³-hybridized carbons (Fsp3) is 1.00. The van der Waals surface area contributed by atoms with Gasteiger partial charge in [-0.1, -0.05) is 78.6 Å². The van der Waals surface area contributed by atoms with Crippen LogP contribution in [0.2, 0.25) is 0 Å². The molecule has 1 nitrogen and oxygen atoms in total. The molecule has 1 N–H and O–H groups in total. The molecule has 1 heteroatoms. The minimum Gasteiger partial charge on any atom is -0.311 e. The van der Waals surface area contributed by atoms with Crippen LogP contribution in [-0.4, -0.2) is 12.1 Å². The molecule has 1 aliphatic carbocycles. The highest BCUT2D eigenvalue weighted by atomic mass is 14.9. The average Bonchev–Trinajstić information content (AvgIpc) is 2.47. The summed E-state index contributed by atoms with van der Waals surface area (Å²) in [6.45, 7) is 6.99. The van der Waals surface area contributed by atoms with Crippen LogP contribution in [0.5, 0.6) is 0 Å². The fourth-order valence-electron chi connectivity index (χ4n) is 3.74. The summed E-state index contributed by atoms with van der Waals surface area (Å²) < 4.78 is 0. The summed E-state index contributed by atoms with van der Waals surface area (Å²) in [6, 6.07) is 1.62. The first-order valence-corrected chi connectivity index (χ1v) is 9.56. The summed E-state index contributed by atoms with van der Waals surface area (Å²) in [4.78, 5) is 0. The van der Waals surface area contributed by atoms with Gasteiger partial charge in [0.25, 0.3) is 0 Å². The molecule has 0 heterocycles. The van der Waals surface area contributed by atoms with E-state index in [-0.39, 0.29) is 0 Å². The molecule has 1 aliphatic rings.